The van der Waals surface area contributed by atoms with Crippen LogP contribution in [0.2, 0.25) is 0 Å². The standard InChI is InChI=1S/C25H24O6/c1-15-17(11-16-7-5-6-8-20(16)29-15)12-22-24(27)19-10-9-18(13-21(19)30-22)28-14-23(26)31-25(2,3)4/h5-13,15H,14H2,1-4H3/b22-12-/t15-/m1/s1. The summed E-state index contributed by atoms with van der Waals surface area (Å²) < 4.78 is 22.5. The molecule has 1 atom stereocenters. The van der Waals surface area contributed by atoms with Gasteiger partial charge >= 0.3 is 5.97 Å². The summed E-state index contributed by atoms with van der Waals surface area (Å²) in [4.78, 5) is 24.6. The fourth-order valence-corrected chi connectivity index (χ4v) is 3.34. The van der Waals surface area contributed by atoms with Crippen molar-refractivity contribution in [1.82, 2.24) is 0 Å². The van der Waals surface area contributed by atoms with Crippen molar-refractivity contribution < 1.29 is 28.5 Å². The van der Waals surface area contributed by atoms with E-state index >= 15 is 0 Å². The second kappa shape index (κ2) is 7.95. The molecule has 0 N–H and O–H groups in total. The van der Waals surface area contributed by atoms with Crippen molar-refractivity contribution in [3.05, 3.63) is 71.0 Å². The average Bonchev–Trinajstić information content (AvgIpc) is 3.00. The van der Waals surface area contributed by atoms with Crippen LogP contribution in [0, 0.1) is 0 Å². The average molecular weight is 420 g/mol. The number of ketones is 1. The molecule has 0 radical (unpaired) electrons. The van der Waals surface area contributed by atoms with Gasteiger partial charge in [0.15, 0.2) is 12.4 Å². The molecule has 0 saturated heterocycles. The van der Waals surface area contributed by atoms with Crippen LogP contribution in [0.3, 0.4) is 0 Å². The molecule has 2 aliphatic rings. The minimum Gasteiger partial charge on any atom is -0.485 e. The van der Waals surface area contributed by atoms with Gasteiger partial charge in [-0.2, -0.15) is 0 Å². The van der Waals surface area contributed by atoms with Crippen LogP contribution in [0.1, 0.15) is 43.6 Å². The highest BCUT2D eigenvalue weighted by Crippen LogP contribution is 2.36. The summed E-state index contributed by atoms with van der Waals surface area (Å²) in [5.74, 6) is 1.17. The van der Waals surface area contributed by atoms with Gasteiger partial charge in [0.2, 0.25) is 5.78 Å². The zero-order chi connectivity index (χ0) is 22.2. The van der Waals surface area contributed by atoms with Gasteiger partial charge in [-0.1, -0.05) is 18.2 Å². The minimum absolute atomic E-state index is 0.208. The second-order valence-electron chi connectivity index (χ2n) is 8.42. The molecule has 6 heteroatoms. The number of esters is 1. The van der Waals surface area contributed by atoms with Gasteiger partial charge in [-0.3, -0.25) is 4.79 Å². The highest BCUT2D eigenvalue weighted by atomic mass is 16.6. The van der Waals surface area contributed by atoms with Crippen molar-refractivity contribution in [2.45, 2.75) is 39.4 Å². The fourth-order valence-electron chi connectivity index (χ4n) is 3.34. The van der Waals surface area contributed by atoms with Gasteiger partial charge in [0.05, 0.1) is 5.56 Å². The molecule has 0 amide bonds. The predicted molar refractivity (Wildman–Crippen MR) is 115 cm³/mol. The quantitative estimate of drug-likeness (QED) is 0.526. The molecule has 0 fully saturated rings. The Balaban J connectivity index is 1.49. The molecule has 0 saturated carbocycles. The van der Waals surface area contributed by atoms with E-state index in [-0.39, 0.29) is 24.3 Å². The molecule has 4 rings (SSSR count). The van der Waals surface area contributed by atoms with E-state index in [4.69, 9.17) is 18.9 Å². The van der Waals surface area contributed by atoms with Crippen molar-refractivity contribution in [3.63, 3.8) is 0 Å². The number of carbonyl (C=O) groups is 2. The predicted octanol–water partition coefficient (Wildman–Crippen LogP) is 4.73. The van der Waals surface area contributed by atoms with Crippen molar-refractivity contribution in [2.75, 3.05) is 6.61 Å². The van der Waals surface area contributed by atoms with Gasteiger partial charge in [-0.05, 0) is 63.6 Å². The van der Waals surface area contributed by atoms with Crippen molar-refractivity contribution in [3.8, 4) is 17.2 Å². The van der Waals surface area contributed by atoms with Gasteiger partial charge in [0.1, 0.15) is 29.0 Å². The lowest BCUT2D eigenvalue weighted by Gasteiger charge is -2.22. The molecular weight excluding hydrogens is 396 g/mol. The Labute approximate surface area is 181 Å². The molecular formula is C25H24O6. The third-order valence-corrected chi connectivity index (χ3v) is 4.73. The van der Waals surface area contributed by atoms with Crippen molar-refractivity contribution in [2.24, 2.45) is 0 Å². The largest absolute Gasteiger partial charge is 0.485 e. The molecule has 0 unspecified atom stereocenters. The van der Waals surface area contributed by atoms with Gasteiger partial charge in [0, 0.05) is 11.6 Å². The lowest BCUT2D eigenvalue weighted by atomic mass is 10.0. The van der Waals surface area contributed by atoms with Gasteiger partial charge in [-0.25, -0.2) is 4.79 Å². The summed E-state index contributed by atoms with van der Waals surface area (Å²) in [6.07, 6.45) is 3.49. The number of hydrogen-bond donors (Lipinski definition) is 0. The summed E-state index contributed by atoms with van der Waals surface area (Å²) in [5.41, 5.74) is 1.66. The van der Waals surface area contributed by atoms with Crippen LogP contribution in [0.5, 0.6) is 17.2 Å². The molecule has 2 aliphatic heterocycles. The summed E-state index contributed by atoms with van der Waals surface area (Å²) >= 11 is 0. The minimum atomic E-state index is -0.581. The molecule has 6 nitrogen and oxygen atoms in total. The van der Waals surface area contributed by atoms with Crippen LogP contribution < -0.4 is 14.2 Å². The molecule has 31 heavy (non-hydrogen) atoms. The molecule has 160 valence electrons. The Bertz CT molecular complexity index is 1100. The SMILES string of the molecule is C[C@H]1Oc2ccccc2C=C1/C=C1\Oc2cc(OCC(=O)OC(C)(C)C)ccc2C1=O. The molecule has 0 spiro atoms. The summed E-state index contributed by atoms with van der Waals surface area (Å²) in [6.45, 7) is 7.07. The number of rotatable bonds is 4. The van der Waals surface area contributed by atoms with E-state index in [1.807, 2.05) is 37.3 Å². The van der Waals surface area contributed by atoms with Crippen LogP contribution in [0.25, 0.3) is 6.08 Å². The highest BCUT2D eigenvalue weighted by molar-refractivity contribution is 6.12. The number of carbonyl (C=O) groups excluding carboxylic acids is 2. The zero-order valence-corrected chi connectivity index (χ0v) is 17.9. The summed E-state index contributed by atoms with van der Waals surface area (Å²) in [5, 5.41) is 0. The van der Waals surface area contributed by atoms with E-state index in [1.54, 1.807) is 45.0 Å². The Kier molecular flexibility index (Phi) is 5.31. The smallest absolute Gasteiger partial charge is 0.344 e. The highest BCUT2D eigenvalue weighted by Gasteiger charge is 2.29. The first-order valence-corrected chi connectivity index (χ1v) is 10.1. The van der Waals surface area contributed by atoms with E-state index in [1.165, 1.54) is 0 Å². The summed E-state index contributed by atoms with van der Waals surface area (Å²) in [7, 11) is 0. The number of ether oxygens (including phenoxy) is 4. The molecule has 2 aromatic rings. The van der Waals surface area contributed by atoms with Crippen LogP contribution >= 0.6 is 0 Å². The van der Waals surface area contributed by atoms with Crippen molar-refractivity contribution >= 4 is 17.8 Å². The molecule has 0 bridgehead atoms. The van der Waals surface area contributed by atoms with Crippen molar-refractivity contribution in [1.29, 1.82) is 0 Å². The van der Waals surface area contributed by atoms with E-state index < -0.39 is 11.6 Å². The fraction of sp³-hybridized carbons (Fsp3) is 0.280. The van der Waals surface area contributed by atoms with E-state index in [9.17, 15) is 9.59 Å². The van der Waals surface area contributed by atoms with Gasteiger partial charge in [0.25, 0.3) is 0 Å². The molecule has 0 aromatic heterocycles. The Morgan fingerprint density at radius 1 is 1.13 bits per heavy atom. The maximum Gasteiger partial charge on any atom is 0.344 e. The Hall–Kier alpha value is -3.54. The third-order valence-electron chi connectivity index (χ3n) is 4.73. The van der Waals surface area contributed by atoms with Crippen LogP contribution in [-0.2, 0) is 9.53 Å². The van der Waals surface area contributed by atoms with Crippen LogP contribution in [0.15, 0.2) is 59.9 Å². The van der Waals surface area contributed by atoms with Crippen LogP contribution in [-0.4, -0.2) is 30.1 Å². The number of Topliss-reactive ketones (excluding diaryl/α,β-unsaturated/α-hetero) is 1. The number of allylic oxidation sites excluding steroid dienone is 1. The van der Waals surface area contributed by atoms with E-state index in [2.05, 4.69) is 0 Å². The van der Waals surface area contributed by atoms with Crippen LogP contribution in [0.4, 0.5) is 0 Å². The number of fused-ring (bicyclic) bond motifs is 2. The monoisotopic (exact) mass is 420 g/mol. The number of benzene rings is 2. The maximum atomic E-state index is 12.8. The first-order chi connectivity index (χ1) is 14.7. The third kappa shape index (κ3) is 4.63. The molecule has 2 aromatic carbocycles. The number of para-hydroxylation sites is 1. The first-order valence-electron chi connectivity index (χ1n) is 10.1. The Morgan fingerprint density at radius 3 is 2.68 bits per heavy atom. The van der Waals surface area contributed by atoms with Gasteiger partial charge in [-0.15, -0.1) is 0 Å². The zero-order valence-electron chi connectivity index (χ0n) is 17.9. The summed E-state index contributed by atoms with van der Waals surface area (Å²) in [6, 6.07) is 12.6. The molecule has 2 heterocycles. The molecule has 0 aliphatic carbocycles. The normalized spacial score (nSPS) is 18.5. The number of hydrogen-bond acceptors (Lipinski definition) is 6. The lowest BCUT2D eigenvalue weighted by molar-refractivity contribution is -0.157. The second-order valence-corrected chi connectivity index (χ2v) is 8.42. The van der Waals surface area contributed by atoms with E-state index in [0.29, 0.717) is 17.1 Å². The Morgan fingerprint density at radius 2 is 1.90 bits per heavy atom. The first kappa shape index (κ1) is 20.7. The lowest BCUT2D eigenvalue weighted by Crippen LogP contribution is -2.27. The van der Waals surface area contributed by atoms with E-state index in [0.717, 1.165) is 16.9 Å². The maximum absolute atomic E-state index is 12.8. The topological polar surface area (TPSA) is 71.1 Å². The van der Waals surface area contributed by atoms with Gasteiger partial charge < -0.3 is 18.9 Å².